The fraction of sp³-hybridized carbons (Fsp3) is 0.294. The zero-order valence-electron chi connectivity index (χ0n) is 12.1. The molecule has 0 bridgehead atoms. The molecule has 0 aliphatic carbocycles. The molecule has 106 valence electrons. The second-order valence-electron chi connectivity index (χ2n) is 5.12. The second kappa shape index (κ2) is 6.82. The van der Waals surface area contributed by atoms with Gasteiger partial charge in [-0.3, -0.25) is 4.21 Å². The lowest BCUT2D eigenvalue weighted by molar-refractivity contribution is 0.682. The molecular formula is C17H21NOS. The monoisotopic (exact) mass is 287 g/mol. The fourth-order valence-electron chi connectivity index (χ4n) is 2.22. The molecule has 0 saturated carbocycles. The Balaban J connectivity index is 2.07. The van der Waals surface area contributed by atoms with E-state index in [1.54, 1.807) is 0 Å². The van der Waals surface area contributed by atoms with E-state index in [2.05, 4.69) is 32.0 Å². The van der Waals surface area contributed by atoms with E-state index in [1.165, 1.54) is 16.7 Å². The molecule has 1 atom stereocenters. The molecular weight excluding hydrogens is 266 g/mol. The Labute approximate surface area is 123 Å². The van der Waals surface area contributed by atoms with Crippen LogP contribution in [-0.2, 0) is 28.9 Å². The molecule has 2 aromatic carbocycles. The highest BCUT2D eigenvalue weighted by Crippen LogP contribution is 2.16. The van der Waals surface area contributed by atoms with Crippen LogP contribution in [0.3, 0.4) is 0 Å². The number of benzene rings is 2. The van der Waals surface area contributed by atoms with Crippen LogP contribution in [0.4, 0.5) is 0 Å². The van der Waals surface area contributed by atoms with Gasteiger partial charge in [-0.15, -0.1) is 0 Å². The SMILES string of the molecule is Cc1ccccc1CS(=O)Cc1ccc(CN)cc1C. The van der Waals surface area contributed by atoms with Crippen LogP contribution in [0.25, 0.3) is 0 Å². The first kappa shape index (κ1) is 14.9. The number of nitrogens with two attached hydrogens (primary N) is 1. The number of hydrogen-bond acceptors (Lipinski definition) is 2. The van der Waals surface area contributed by atoms with Gasteiger partial charge in [-0.2, -0.15) is 0 Å². The van der Waals surface area contributed by atoms with Gasteiger partial charge in [0.15, 0.2) is 0 Å². The van der Waals surface area contributed by atoms with E-state index >= 15 is 0 Å². The van der Waals surface area contributed by atoms with E-state index in [4.69, 9.17) is 5.73 Å². The number of rotatable bonds is 5. The van der Waals surface area contributed by atoms with Gasteiger partial charge >= 0.3 is 0 Å². The number of hydrogen-bond donors (Lipinski definition) is 1. The van der Waals surface area contributed by atoms with Crippen molar-refractivity contribution in [2.45, 2.75) is 31.9 Å². The maximum absolute atomic E-state index is 12.3. The van der Waals surface area contributed by atoms with E-state index in [0.717, 1.165) is 11.1 Å². The third-order valence-electron chi connectivity index (χ3n) is 3.54. The standard InChI is InChI=1S/C17H21NOS/c1-13-5-3-4-6-16(13)11-20(19)12-17-8-7-15(10-18)9-14(17)2/h3-9H,10-12,18H2,1-2H3. The molecule has 0 aliphatic rings. The van der Waals surface area contributed by atoms with Crippen LogP contribution in [0.1, 0.15) is 27.8 Å². The molecule has 3 heteroatoms. The summed E-state index contributed by atoms with van der Waals surface area (Å²) in [7, 11) is -0.882. The van der Waals surface area contributed by atoms with Crippen LogP contribution in [0.15, 0.2) is 42.5 Å². The van der Waals surface area contributed by atoms with Gasteiger partial charge in [-0.05, 0) is 41.7 Å². The zero-order chi connectivity index (χ0) is 14.5. The van der Waals surface area contributed by atoms with Gasteiger partial charge in [0.25, 0.3) is 0 Å². The highest BCUT2D eigenvalue weighted by atomic mass is 32.2. The molecule has 0 spiro atoms. The van der Waals surface area contributed by atoms with Crippen molar-refractivity contribution in [3.8, 4) is 0 Å². The average Bonchev–Trinajstić information content (AvgIpc) is 2.43. The Morgan fingerprint density at radius 3 is 2.20 bits per heavy atom. The molecule has 0 radical (unpaired) electrons. The van der Waals surface area contributed by atoms with E-state index in [0.29, 0.717) is 18.1 Å². The predicted octanol–water partition coefficient (Wildman–Crippen LogP) is 3.21. The largest absolute Gasteiger partial charge is 0.326 e. The van der Waals surface area contributed by atoms with Crippen molar-refractivity contribution in [3.05, 3.63) is 70.3 Å². The minimum absolute atomic E-state index is 0.549. The lowest BCUT2D eigenvalue weighted by atomic mass is 10.1. The van der Waals surface area contributed by atoms with Crippen LogP contribution in [0, 0.1) is 13.8 Å². The van der Waals surface area contributed by atoms with Gasteiger partial charge < -0.3 is 5.73 Å². The Morgan fingerprint density at radius 2 is 1.60 bits per heavy atom. The maximum Gasteiger partial charge on any atom is 0.0491 e. The molecule has 0 aliphatic heterocycles. The van der Waals surface area contributed by atoms with Crippen LogP contribution in [0.5, 0.6) is 0 Å². The van der Waals surface area contributed by atoms with E-state index in [-0.39, 0.29) is 0 Å². The molecule has 2 aromatic rings. The molecule has 0 saturated heterocycles. The first-order valence-electron chi connectivity index (χ1n) is 6.78. The Morgan fingerprint density at radius 1 is 0.950 bits per heavy atom. The Hall–Kier alpha value is -1.45. The Bertz CT molecular complexity index is 622. The topological polar surface area (TPSA) is 43.1 Å². The van der Waals surface area contributed by atoms with Crippen molar-refractivity contribution in [3.63, 3.8) is 0 Å². The van der Waals surface area contributed by atoms with Gasteiger partial charge in [0.05, 0.1) is 0 Å². The molecule has 0 amide bonds. The van der Waals surface area contributed by atoms with Crippen LogP contribution < -0.4 is 5.73 Å². The van der Waals surface area contributed by atoms with Crippen molar-refractivity contribution >= 4 is 10.8 Å². The first-order valence-corrected chi connectivity index (χ1v) is 8.27. The van der Waals surface area contributed by atoms with Crippen molar-refractivity contribution in [1.29, 1.82) is 0 Å². The summed E-state index contributed by atoms with van der Waals surface area (Å²) in [6, 6.07) is 14.3. The molecule has 2 N–H and O–H groups in total. The first-order chi connectivity index (χ1) is 9.60. The van der Waals surface area contributed by atoms with Gasteiger partial charge in [0, 0.05) is 28.9 Å². The van der Waals surface area contributed by atoms with Crippen LogP contribution in [-0.4, -0.2) is 4.21 Å². The maximum atomic E-state index is 12.3. The van der Waals surface area contributed by atoms with Crippen molar-refractivity contribution in [2.24, 2.45) is 5.73 Å². The lowest BCUT2D eigenvalue weighted by Gasteiger charge is -2.09. The van der Waals surface area contributed by atoms with E-state index < -0.39 is 10.8 Å². The molecule has 0 heterocycles. The fourth-order valence-corrected chi connectivity index (χ4v) is 3.66. The van der Waals surface area contributed by atoms with Crippen LogP contribution in [0.2, 0.25) is 0 Å². The second-order valence-corrected chi connectivity index (χ2v) is 6.58. The minimum atomic E-state index is -0.882. The molecule has 2 rings (SSSR count). The summed E-state index contributed by atoms with van der Waals surface area (Å²) in [5, 5.41) is 0. The molecule has 0 fully saturated rings. The number of aryl methyl sites for hydroxylation is 2. The van der Waals surface area contributed by atoms with Gasteiger partial charge in [0.1, 0.15) is 0 Å². The summed E-state index contributed by atoms with van der Waals surface area (Å²) in [4.78, 5) is 0. The lowest BCUT2D eigenvalue weighted by Crippen LogP contribution is -2.04. The highest BCUT2D eigenvalue weighted by molar-refractivity contribution is 7.83. The van der Waals surface area contributed by atoms with E-state index in [1.807, 2.05) is 24.3 Å². The summed E-state index contributed by atoms with van der Waals surface area (Å²) in [5.41, 5.74) is 11.4. The van der Waals surface area contributed by atoms with Gasteiger partial charge in [0.2, 0.25) is 0 Å². The summed E-state index contributed by atoms with van der Waals surface area (Å²) in [5.74, 6) is 1.22. The molecule has 0 aromatic heterocycles. The predicted molar refractivity (Wildman–Crippen MR) is 85.8 cm³/mol. The zero-order valence-corrected chi connectivity index (χ0v) is 12.9. The summed E-state index contributed by atoms with van der Waals surface area (Å²) in [6.07, 6.45) is 0. The minimum Gasteiger partial charge on any atom is -0.326 e. The van der Waals surface area contributed by atoms with Crippen molar-refractivity contribution < 1.29 is 4.21 Å². The van der Waals surface area contributed by atoms with Crippen molar-refractivity contribution in [2.75, 3.05) is 0 Å². The quantitative estimate of drug-likeness (QED) is 0.917. The highest BCUT2D eigenvalue weighted by Gasteiger charge is 2.07. The summed E-state index contributed by atoms with van der Waals surface area (Å²) < 4.78 is 12.3. The van der Waals surface area contributed by atoms with E-state index in [9.17, 15) is 4.21 Å². The van der Waals surface area contributed by atoms with Gasteiger partial charge in [-0.25, -0.2) is 0 Å². The molecule has 20 heavy (non-hydrogen) atoms. The van der Waals surface area contributed by atoms with Crippen LogP contribution >= 0.6 is 0 Å². The third kappa shape index (κ3) is 3.78. The summed E-state index contributed by atoms with van der Waals surface area (Å²) >= 11 is 0. The van der Waals surface area contributed by atoms with Gasteiger partial charge in [-0.1, -0.05) is 42.5 Å². The average molecular weight is 287 g/mol. The third-order valence-corrected chi connectivity index (χ3v) is 4.80. The summed E-state index contributed by atoms with van der Waals surface area (Å²) in [6.45, 7) is 4.67. The Kier molecular flexibility index (Phi) is 5.10. The normalized spacial score (nSPS) is 12.3. The molecule has 1 unspecified atom stereocenters. The molecule has 2 nitrogen and oxygen atoms in total. The smallest absolute Gasteiger partial charge is 0.0491 e. The van der Waals surface area contributed by atoms with Crippen molar-refractivity contribution in [1.82, 2.24) is 0 Å².